The number of amides is 1. The Morgan fingerprint density at radius 3 is 2.63 bits per heavy atom. The molecule has 6 nitrogen and oxygen atoms in total. The van der Waals surface area contributed by atoms with E-state index < -0.39 is 0 Å². The third kappa shape index (κ3) is 2.97. The fourth-order valence-corrected chi connectivity index (χ4v) is 3.73. The number of aromatic nitrogens is 3. The van der Waals surface area contributed by atoms with Crippen molar-refractivity contribution in [2.75, 3.05) is 6.54 Å². The number of carbonyl (C=O) groups is 1. The molecule has 1 amide bonds. The van der Waals surface area contributed by atoms with Gasteiger partial charge in [0.05, 0.1) is 6.33 Å². The molecule has 0 spiro atoms. The van der Waals surface area contributed by atoms with Crippen molar-refractivity contribution in [2.24, 2.45) is 0 Å². The van der Waals surface area contributed by atoms with Crippen LogP contribution in [0.4, 0.5) is 0 Å². The zero-order valence-corrected chi connectivity index (χ0v) is 14.9. The number of hydrogen-bond donors (Lipinski definition) is 0. The normalized spacial score (nSPS) is 16.2. The van der Waals surface area contributed by atoms with Crippen LogP contribution in [-0.2, 0) is 13.0 Å². The van der Waals surface area contributed by atoms with Gasteiger partial charge in [-0.05, 0) is 54.7 Å². The van der Waals surface area contributed by atoms with Crippen molar-refractivity contribution >= 4 is 5.91 Å². The van der Waals surface area contributed by atoms with E-state index in [1.54, 1.807) is 18.6 Å². The summed E-state index contributed by atoms with van der Waals surface area (Å²) < 4.78 is 3.75. The lowest BCUT2D eigenvalue weighted by Crippen LogP contribution is -2.37. The SMILES string of the molecule is O=C(c1ccc(-n2ccnc2)cc1)N1CCc2cc(=O)n(C3CC3)cc2C1. The molecule has 1 aliphatic heterocycles. The summed E-state index contributed by atoms with van der Waals surface area (Å²) in [6, 6.07) is 9.69. The second-order valence-electron chi connectivity index (χ2n) is 7.29. The summed E-state index contributed by atoms with van der Waals surface area (Å²) in [5.41, 5.74) is 3.91. The Morgan fingerprint density at radius 2 is 1.93 bits per heavy atom. The smallest absolute Gasteiger partial charge is 0.254 e. The van der Waals surface area contributed by atoms with Crippen LogP contribution in [0.1, 0.15) is 40.4 Å². The molecule has 3 heterocycles. The maximum atomic E-state index is 12.9. The van der Waals surface area contributed by atoms with Crippen molar-refractivity contribution in [1.82, 2.24) is 19.0 Å². The summed E-state index contributed by atoms with van der Waals surface area (Å²) >= 11 is 0. The lowest BCUT2D eigenvalue weighted by Gasteiger charge is -2.29. The average Bonchev–Trinajstić information content (AvgIpc) is 3.40. The summed E-state index contributed by atoms with van der Waals surface area (Å²) in [5.74, 6) is 0.0296. The second-order valence-corrected chi connectivity index (χ2v) is 7.29. The maximum Gasteiger partial charge on any atom is 0.254 e. The first-order valence-corrected chi connectivity index (χ1v) is 9.31. The van der Waals surface area contributed by atoms with Gasteiger partial charge in [-0.15, -0.1) is 0 Å². The molecule has 0 atom stereocenters. The number of imidazole rings is 1. The van der Waals surface area contributed by atoms with Crippen molar-refractivity contribution in [2.45, 2.75) is 31.8 Å². The van der Waals surface area contributed by atoms with Crippen LogP contribution in [0.3, 0.4) is 0 Å². The second kappa shape index (κ2) is 6.23. The highest BCUT2D eigenvalue weighted by molar-refractivity contribution is 5.94. The molecule has 0 unspecified atom stereocenters. The average molecular weight is 360 g/mol. The number of pyridine rings is 1. The molecule has 3 aromatic rings. The van der Waals surface area contributed by atoms with Gasteiger partial charge >= 0.3 is 0 Å². The number of nitrogens with zero attached hydrogens (tertiary/aromatic N) is 4. The summed E-state index contributed by atoms with van der Waals surface area (Å²) in [5, 5.41) is 0. The Morgan fingerprint density at radius 1 is 1.11 bits per heavy atom. The number of fused-ring (bicyclic) bond motifs is 1. The van der Waals surface area contributed by atoms with Gasteiger partial charge in [0.25, 0.3) is 11.5 Å². The zero-order chi connectivity index (χ0) is 18.4. The van der Waals surface area contributed by atoms with Gasteiger partial charge in [-0.1, -0.05) is 0 Å². The zero-order valence-electron chi connectivity index (χ0n) is 14.9. The van der Waals surface area contributed by atoms with Gasteiger partial charge in [-0.2, -0.15) is 0 Å². The van der Waals surface area contributed by atoms with Gasteiger partial charge in [-0.25, -0.2) is 4.98 Å². The first-order valence-electron chi connectivity index (χ1n) is 9.31. The minimum Gasteiger partial charge on any atom is -0.334 e. The molecule has 136 valence electrons. The quantitative estimate of drug-likeness (QED) is 0.721. The Hall–Kier alpha value is -3.15. The number of hydrogen-bond acceptors (Lipinski definition) is 3. The van der Waals surface area contributed by atoms with Gasteiger partial charge in [0.1, 0.15) is 0 Å². The van der Waals surface area contributed by atoms with Gasteiger partial charge in [0.15, 0.2) is 0 Å². The van der Waals surface area contributed by atoms with Crippen LogP contribution in [0.5, 0.6) is 0 Å². The molecule has 0 N–H and O–H groups in total. The molecular weight excluding hydrogens is 340 g/mol. The predicted octanol–water partition coefficient (Wildman–Crippen LogP) is 2.57. The Balaban J connectivity index is 1.37. The van der Waals surface area contributed by atoms with Crippen molar-refractivity contribution in [3.8, 4) is 5.69 Å². The topological polar surface area (TPSA) is 60.1 Å². The standard InChI is InChI=1S/C21H20N4O2/c26-20-11-16-7-9-23(12-17(16)13-25(20)19-5-6-19)21(27)15-1-3-18(4-2-15)24-10-8-22-14-24/h1-4,8,10-11,13-14,19H,5-7,9,12H2. The molecule has 5 rings (SSSR count). The van der Waals surface area contributed by atoms with Gasteiger partial charge in [-0.3, -0.25) is 9.59 Å². The molecule has 27 heavy (non-hydrogen) atoms. The van der Waals surface area contributed by atoms with Crippen LogP contribution in [0, 0.1) is 0 Å². The van der Waals surface area contributed by atoms with E-state index in [-0.39, 0.29) is 11.5 Å². The highest BCUT2D eigenvalue weighted by Gasteiger charge is 2.27. The van der Waals surface area contributed by atoms with Gasteiger partial charge in [0.2, 0.25) is 0 Å². The maximum absolute atomic E-state index is 12.9. The lowest BCUT2D eigenvalue weighted by atomic mass is 10.0. The van der Waals surface area contributed by atoms with Crippen LogP contribution in [0.2, 0.25) is 0 Å². The van der Waals surface area contributed by atoms with Crippen LogP contribution >= 0.6 is 0 Å². The molecule has 2 aromatic heterocycles. The van der Waals surface area contributed by atoms with Crippen molar-refractivity contribution < 1.29 is 4.79 Å². The van der Waals surface area contributed by atoms with Crippen LogP contribution in [0.15, 0.2) is 60.0 Å². The molecule has 1 aliphatic carbocycles. The number of carbonyl (C=O) groups excluding carboxylic acids is 1. The van der Waals surface area contributed by atoms with E-state index in [4.69, 9.17) is 0 Å². The van der Waals surface area contributed by atoms with E-state index in [9.17, 15) is 9.59 Å². The van der Waals surface area contributed by atoms with Crippen LogP contribution in [-0.4, -0.2) is 31.5 Å². The molecule has 6 heteroatoms. The highest BCUT2D eigenvalue weighted by atomic mass is 16.2. The van der Waals surface area contributed by atoms with E-state index in [1.165, 1.54) is 0 Å². The highest BCUT2D eigenvalue weighted by Crippen LogP contribution is 2.34. The summed E-state index contributed by atoms with van der Waals surface area (Å²) in [6.45, 7) is 1.20. The Bertz CT molecular complexity index is 1050. The molecule has 0 bridgehead atoms. The van der Waals surface area contributed by atoms with E-state index in [2.05, 4.69) is 4.98 Å². The fraction of sp³-hybridized carbons (Fsp3) is 0.286. The lowest BCUT2D eigenvalue weighted by molar-refractivity contribution is 0.0734. The van der Waals surface area contributed by atoms with E-state index in [0.717, 1.165) is 36.1 Å². The third-order valence-corrected chi connectivity index (χ3v) is 5.42. The van der Waals surface area contributed by atoms with Crippen molar-refractivity contribution in [3.63, 3.8) is 0 Å². The van der Waals surface area contributed by atoms with E-state index in [1.807, 2.05) is 50.7 Å². The molecule has 1 aromatic carbocycles. The van der Waals surface area contributed by atoms with Crippen molar-refractivity contribution in [1.29, 1.82) is 0 Å². The first-order chi connectivity index (χ1) is 13.2. The molecule has 0 saturated heterocycles. The fourth-order valence-electron chi connectivity index (χ4n) is 3.73. The molecule has 0 radical (unpaired) electrons. The summed E-state index contributed by atoms with van der Waals surface area (Å²) in [6.07, 6.45) is 10.2. The van der Waals surface area contributed by atoms with Crippen LogP contribution in [0.25, 0.3) is 5.69 Å². The summed E-state index contributed by atoms with van der Waals surface area (Å²) in [7, 11) is 0. The van der Waals surface area contributed by atoms with E-state index >= 15 is 0 Å². The molecule has 1 saturated carbocycles. The largest absolute Gasteiger partial charge is 0.334 e. The number of benzene rings is 1. The van der Waals surface area contributed by atoms with Gasteiger partial charge < -0.3 is 14.0 Å². The third-order valence-electron chi connectivity index (χ3n) is 5.42. The van der Waals surface area contributed by atoms with E-state index in [0.29, 0.717) is 24.7 Å². The Labute approximate surface area is 156 Å². The minimum absolute atomic E-state index is 0.0296. The van der Waals surface area contributed by atoms with Crippen LogP contribution < -0.4 is 5.56 Å². The molecule has 1 fully saturated rings. The van der Waals surface area contributed by atoms with Crippen molar-refractivity contribution in [3.05, 3.63) is 82.3 Å². The monoisotopic (exact) mass is 360 g/mol. The number of rotatable bonds is 3. The minimum atomic E-state index is 0.0296. The first kappa shape index (κ1) is 16.1. The molecular formula is C21H20N4O2. The Kier molecular flexibility index (Phi) is 3.70. The van der Waals surface area contributed by atoms with Gasteiger partial charge in [0, 0.05) is 55.0 Å². The molecule has 2 aliphatic rings. The summed E-state index contributed by atoms with van der Waals surface area (Å²) in [4.78, 5) is 31.1. The predicted molar refractivity (Wildman–Crippen MR) is 101 cm³/mol.